The number of nitrogens with one attached hydrogen (secondary N) is 1. The zero-order valence-electron chi connectivity index (χ0n) is 6.63. The molecule has 0 unspecified atom stereocenters. The molecule has 1 aromatic heterocycles. The van der Waals surface area contributed by atoms with E-state index in [2.05, 4.69) is 4.98 Å². The molecule has 0 spiro atoms. The van der Waals surface area contributed by atoms with E-state index in [-0.39, 0.29) is 5.15 Å². The van der Waals surface area contributed by atoms with Gasteiger partial charge in [0.15, 0.2) is 0 Å². The molecule has 0 saturated carbocycles. The van der Waals surface area contributed by atoms with E-state index in [1.54, 1.807) is 0 Å². The molecule has 0 aromatic carbocycles. The monoisotopic (exact) mass is 188 g/mol. The number of halogens is 1. The topological polar surface area (TPSA) is 54.9 Å². The summed E-state index contributed by atoms with van der Waals surface area (Å²) in [5.74, 6) is 0. The zero-order valence-corrected chi connectivity index (χ0v) is 7.39. The summed E-state index contributed by atoms with van der Waals surface area (Å²) in [6.45, 7) is 2.45. The fourth-order valence-electron chi connectivity index (χ4n) is 0.924. The molecule has 0 amide bonds. The number of aromatic nitrogens is 2. The highest BCUT2D eigenvalue weighted by atomic mass is 35.5. The Morgan fingerprint density at radius 1 is 1.58 bits per heavy atom. The van der Waals surface area contributed by atoms with Gasteiger partial charge in [-0.15, -0.1) is 0 Å². The van der Waals surface area contributed by atoms with Crippen LogP contribution in [0.5, 0.6) is 0 Å². The molecular weight excluding hydrogens is 180 g/mol. The van der Waals surface area contributed by atoms with Gasteiger partial charge < -0.3 is 0 Å². The molecule has 0 fully saturated rings. The molecule has 0 saturated heterocycles. The maximum atomic E-state index is 11.1. The molecule has 0 bridgehead atoms. The van der Waals surface area contributed by atoms with Crippen molar-refractivity contribution in [1.82, 2.24) is 9.55 Å². The highest BCUT2D eigenvalue weighted by molar-refractivity contribution is 6.29. The van der Waals surface area contributed by atoms with E-state index in [0.29, 0.717) is 6.54 Å². The molecule has 0 radical (unpaired) electrons. The quantitative estimate of drug-likeness (QED) is 0.691. The third kappa shape index (κ3) is 1.76. The summed E-state index contributed by atoms with van der Waals surface area (Å²) in [6, 6.07) is 1.19. The average Bonchev–Trinajstić information content (AvgIpc) is 1.96. The highest BCUT2D eigenvalue weighted by Crippen LogP contribution is 2.01. The average molecular weight is 189 g/mol. The summed E-state index contributed by atoms with van der Waals surface area (Å²) in [6.07, 6.45) is 0.797. The predicted octanol–water partition coefficient (Wildman–Crippen LogP) is 0.600. The van der Waals surface area contributed by atoms with Crippen LogP contribution in [-0.2, 0) is 6.54 Å². The van der Waals surface area contributed by atoms with Crippen molar-refractivity contribution < 1.29 is 0 Å². The molecule has 12 heavy (non-hydrogen) atoms. The van der Waals surface area contributed by atoms with Crippen molar-refractivity contribution >= 4 is 11.6 Å². The molecule has 1 rings (SSSR count). The number of hydrogen-bond donors (Lipinski definition) is 1. The summed E-state index contributed by atoms with van der Waals surface area (Å²) in [5, 5.41) is 0.186. The van der Waals surface area contributed by atoms with Crippen LogP contribution in [-0.4, -0.2) is 9.55 Å². The minimum atomic E-state index is -0.461. The van der Waals surface area contributed by atoms with Crippen LogP contribution in [0.2, 0.25) is 5.15 Å². The summed E-state index contributed by atoms with van der Waals surface area (Å²) in [4.78, 5) is 23.9. The van der Waals surface area contributed by atoms with Gasteiger partial charge in [0.05, 0.1) is 0 Å². The minimum Gasteiger partial charge on any atom is -0.284 e. The second-order valence-electron chi connectivity index (χ2n) is 2.41. The first-order chi connectivity index (χ1) is 5.65. The Kier molecular flexibility index (Phi) is 2.70. The molecule has 0 atom stereocenters. The Hall–Kier alpha value is -1.03. The molecule has 1 aromatic rings. The summed E-state index contributed by atoms with van der Waals surface area (Å²) < 4.78 is 1.32. The van der Waals surface area contributed by atoms with Crippen LogP contribution in [0.3, 0.4) is 0 Å². The molecule has 1 heterocycles. The van der Waals surface area contributed by atoms with Crippen molar-refractivity contribution in [3.63, 3.8) is 0 Å². The van der Waals surface area contributed by atoms with Crippen LogP contribution in [0.1, 0.15) is 13.3 Å². The van der Waals surface area contributed by atoms with Crippen LogP contribution in [0.25, 0.3) is 0 Å². The number of nitrogens with zero attached hydrogens (tertiary/aromatic N) is 1. The van der Waals surface area contributed by atoms with Crippen LogP contribution in [0.4, 0.5) is 0 Å². The van der Waals surface area contributed by atoms with Crippen LogP contribution >= 0.6 is 11.6 Å². The van der Waals surface area contributed by atoms with Crippen molar-refractivity contribution in [3.8, 4) is 0 Å². The highest BCUT2D eigenvalue weighted by Gasteiger charge is 2.00. The van der Waals surface area contributed by atoms with E-state index in [1.165, 1.54) is 10.6 Å². The third-order valence-corrected chi connectivity index (χ3v) is 1.74. The van der Waals surface area contributed by atoms with Gasteiger partial charge >= 0.3 is 5.69 Å². The van der Waals surface area contributed by atoms with E-state index in [0.717, 1.165) is 6.42 Å². The smallest absolute Gasteiger partial charge is 0.284 e. The zero-order chi connectivity index (χ0) is 9.14. The van der Waals surface area contributed by atoms with Crippen molar-refractivity contribution in [3.05, 3.63) is 32.1 Å². The van der Waals surface area contributed by atoms with Gasteiger partial charge in [0, 0.05) is 12.6 Å². The number of rotatable bonds is 2. The lowest BCUT2D eigenvalue weighted by Crippen LogP contribution is -2.29. The van der Waals surface area contributed by atoms with Gasteiger partial charge in [0.1, 0.15) is 5.15 Å². The molecule has 0 aliphatic rings. The van der Waals surface area contributed by atoms with Crippen molar-refractivity contribution in [2.24, 2.45) is 0 Å². The number of H-pyrrole nitrogens is 1. The first kappa shape index (κ1) is 9.06. The summed E-state index contributed by atoms with van der Waals surface area (Å²) >= 11 is 5.66. The van der Waals surface area contributed by atoms with Crippen molar-refractivity contribution in [2.45, 2.75) is 19.9 Å². The molecule has 1 N–H and O–H groups in total. The predicted molar refractivity (Wildman–Crippen MR) is 46.6 cm³/mol. The summed E-state index contributed by atoms with van der Waals surface area (Å²) in [7, 11) is 0. The molecule has 66 valence electrons. The summed E-state index contributed by atoms with van der Waals surface area (Å²) in [5.41, 5.74) is -0.910. The largest absolute Gasteiger partial charge is 0.329 e. The Balaban J connectivity index is 3.29. The molecular formula is C7H9ClN2O2. The van der Waals surface area contributed by atoms with E-state index in [1.807, 2.05) is 6.92 Å². The standard InChI is InChI=1S/C7H9ClN2O2/c1-2-3-10-5(8)4-6(11)9-7(10)12/h4H,2-3H2,1H3,(H,9,11,12). The van der Waals surface area contributed by atoms with Gasteiger partial charge in [-0.3, -0.25) is 14.3 Å². The van der Waals surface area contributed by atoms with E-state index in [4.69, 9.17) is 11.6 Å². The maximum Gasteiger partial charge on any atom is 0.329 e. The molecule has 5 heteroatoms. The molecule has 4 nitrogen and oxygen atoms in total. The second kappa shape index (κ2) is 3.58. The Morgan fingerprint density at radius 3 is 2.75 bits per heavy atom. The van der Waals surface area contributed by atoms with Gasteiger partial charge in [-0.25, -0.2) is 4.79 Å². The Morgan fingerprint density at radius 2 is 2.25 bits per heavy atom. The first-order valence-corrected chi connectivity index (χ1v) is 4.02. The fraction of sp³-hybridized carbons (Fsp3) is 0.429. The normalized spacial score (nSPS) is 10.2. The van der Waals surface area contributed by atoms with Crippen molar-refractivity contribution in [1.29, 1.82) is 0 Å². The lowest BCUT2D eigenvalue weighted by Gasteiger charge is -2.03. The van der Waals surface area contributed by atoms with Gasteiger partial charge in [0.2, 0.25) is 0 Å². The number of aromatic amines is 1. The van der Waals surface area contributed by atoms with E-state index < -0.39 is 11.2 Å². The van der Waals surface area contributed by atoms with Gasteiger partial charge in [-0.1, -0.05) is 18.5 Å². The Bertz CT molecular complexity index is 380. The fourth-order valence-corrected chi connectivity index (χ4v) is 1.18. The first-order valence-electron chi connectivity index (χ1n) is 3.65. The van der Waals surface area contributed by atoms with Crippen LogP contribution < -0.4 is 11.2 Å². The molecule has 0 aliphatic heterocycles. The van der Waals surface area contributed by atoms with Gasteiger partial charge in [0.25, 0.3) is 5.56 Å². The molecule has 0 aliphatic carbocycles. The third-order valence-electron chi connectivity index (χ3n) is 1.43. The van der Waals surface area contributed by atoms with E-state index >= 15 is 0 Å². The van der Waals surface area contributed by atoms with Crippen molar-refractivity contribution in [2.75, 3.05) is 0 Å². The van der Waals surface area contributed by atoms with Gasteiger partial charge in [-0.2, -0.15) is 0 Å². The number of hydrogen-bond acceptors (Lipinski definition) is 2. The lowest BCUT2D eigenvalue weighted by atomic mass is 10.5. The van der Waals surface area contributed by atoms with Gasteiger partial charge in [-0.05, 0) is 6.42 Å². The van der Waals surface area contributed by atoms with Crippen LogP contribution in [0.15, 0.2) is 15.7 Å². The second-order valence-corrected chi connectivity index (χ2v) is 2.80. The Labute approximate surface area is 73.8 Å². The maximum absolute atomic E-state index is 11.1. The van der Waals surface area contributed by atoms with E-state index in [9.17, 15) is 9.59 Å². The SMILES string of the molecule is CCCn1c(Cl)cc(=O)[nH]c1=O. The van der Waals surface area contributed by atoms with Crippen LogP contribution in [0, 0.1) is 0 Å². The minimum absolute atomic E-state index is 0.186. The lowest BCUT2D eigenvalue weighted by molar-refractivity contribution is 0.633.